The predicted octanol–water partition coefficient (Wildman–Crippen LogP) is 6.77. The molecular weight excluding hydrogens is 541 g/mol. The average molecular weight is 577 g/mol. The summed E-state index contributed by atoms with van der Waals surface area (Å²) in [5.41, 5.74) is 3.58. The molecule has 10 heteroatoms. The van der Waals surface area contributed by atoms with Crippen molar-refractivity contribution in [3.8, 4) is 0 Å². The molecule has 0 saturated carbocycles. The molecule has 1 saturated heterocycles. The number of aliphatic hydroxyl groups excluding tert-OH is 1. The van der Waals surface area contributed by atoms with Gasteiger partial charge in [-0.3, -0.25) is 14.6 Å². The van der Waals surface area contributed by atoms with Gasteiger partial charge in [-0.2, -0.15) is 5.10 Å². The van der Waals surface area contributed by atoms with Gasteiger partial charge in [0.25, 0.3) is 0 Å². The molecule has 0 amide bonds. The fraction of sp³-hybridized carbons (Fsp3) is 0.344. The van der Waals surface area contributed by atoms with Crippen LogP contribution in [0.25, 0.3) is 0 Å². The standard InChI is InChI=1S/C32H35F3N6O/c1-7-40-11-9-27(38-40)31-37-20(5)28(21(6)39-10-8-22(17-39)29-19(4)12-26(35)16-36-29)32(42)41(31)30(18(2)3)23-13-24(33)15-25(34)14-23/h9,11-16,18,22,30,42H,5-8,10,17H2,1-4H3/t22?,30-/m0/s1. The number of hydrogen-bond acceptors (Lipinski definition) is 6. The summed E-state index contributed by atoms with van der Waals surface area (Å²) in [6.07, 6.45) is 3.80. The monoisotopic (exact) mass is 576 g/mol. The van der Waals surface area contributed by atoms with Gasteiger partial charge in [0.05, 0.1) is 23.5 Å². The van der Waals surface area contributed by atoms with Crippen molar-refractivity contribution in [1.82, 2.24) is 24.6 Å². The van der Waals surface area contributed by atoms with Gasteiger partial charge in [0.2, 0.25) is 5.88 Å². The Hall–Kier alpha value is -4.34. The van der Waals surface area contributed by atoms with Gasteiger partial charge < -0.3 is 10.0 Å². The minimum atomic E-state index is -0.716. The van der Waals surface area contributed by atoms with Crippen LogP contribution < -0.4 is 0 Å². The number of aryl methyl sites for hydroxylation is 2. The van der Waals surface area contributed by atoms with E-state index >= 15 is 0 Å². The number of amidine groups is 1. The molecule has 4 heterocycles. The number of aliphatic imine (C=N–C) groups is 1. The van der Waals surface area contributed by atoms with Crippen LogP contribution in [0.3, 0.4) is 0 Å². The summed E-state index contributed by atoms with van der Waals surface area (Å²) < 4.78 is 44.3. The van der Waals surface area contributed by atoms with Gasteiger partial charge in [0.1, 0.15) is 23.1 Å². The second-order valence-corrected chi connectivity index (χ2v) is 11.1. The third-order valence-electron chi connectivity index (χ3n) is 7.87. The summed E-state index contributed by atoms with van der Waals surface area (Å²) >= 11 is 0. The number of aliphatic hydroxyl groups is 1. The van der Waals surface area contributed by atoms with Crippen LogP contribution in [0.4, 0.5) is 13.2 Å². The van der Waals surface area contributed by atoms with E-state index in [2.05, 4.69) is 23.2 Å². The van der Waals surface area contributed by atoms with Gasteiger partial charge in [0.15, 0.2) is 5.84 Å². The molecule has 1 fully saturated rings. The Kier molecular flexibility index (Phi) is 7.99. The van der Waals surface area contributed by atoms with E-state index in [0.717, 1.165) is 23.7 Å². The highest BCUT2D eigenvalue weighted by atomic mass is 19.1. The Balaban J connectivity index is 1.56. The summed E-state index contributed by atoms with van der Waals surface area (Å²) in [5.74, 6) is -1.83. The van der Waals surface area contributed by atoms with Gasteiger partial charge in [-0.05, 0) is 61.6 Å². The molecule has 0 aliphatic carbocycles. The van der Waals surface area contributed by atoms with Gasteiger partial charge in [-0.25, -0.2) is 18.2 Å². The van der Waals surface area contributed by atoms with E-state index in [4.69, 9.17) is 4.99 Å². The van der Waals surface area contributed by atoms with Crippen LogP contribution in [-0.4, -0.2) is 48.6 Å². The SMILES string of the molecule is C=C1N=C(c2ccn(CC)n2)N([C@H](c2cc(F)cc(F)c2)C(C)C)C(O)=C1C(=C)N1CCC(c2ncc(F)cc2C)C1. The molecule has 2 atom stereocenters. The second-order valence-electron chi connectivity index (χ2n) is 11.1. The minimum absolute atomic E-state index is 0.0498. The molecule has 1 aromatic carbocycles. The van der Waals surface area contributed by atoms with Crippen molar-refractivity contribution >= 4 is 5.84 Å². The summed E-state index contributed by atoms with van der Waals surface area (Å²) in [6, 6.07) is 5.92. The molecular formula is C32H35F3N6O. The van der Waals surface area contributed by atoms with Crippen molar-refractivity contribution < 1.29 is 18.3 Å². The van der Waals surface area contributed by atoms with E-state index in [1.165, 1.54) is 24.4 Å². The van der Waals surface area contributed by atoms with Crippen LogP contribution >= 0.6 is 0 Å². The molecule has 42 heavy (non-hydrogen) atoms. The zero-order chi connectivity index (χ0) is 30.3. The van der Waals surface area contributed by atoms with Crippen LogP contribution in [0.15, 0.2) is 83.7 Å². The quantitative estimate of drug-likeness (QED) is 0.321. The van der Waals surface area contributed by atoms with E-state index in [-0.39, 0.29) is 23.5 Å². The predicted molar refractivity (Wildman–Crippen MR) is 156 cm³/mol. The first kappa shape index (κ1) is 29.2. The van der Waals surface area contributed by atoms with E-state index in [1.807, 2.05) is 32.6 Å². The Labute approximate surface area is 244 Å². The fourth-order valence-electron chi connectivity index (χ4n) is 5.93. The first-order valence-electron chi connectivity index (χ1n) is 14.0. The number of aromatic nitrogens is 3. The zero-order valence-electron chi connectivity index (χ0n) is 24.3. The van der Waals surface area contributed by atoms with Crippen molar-refractivity contribution in [3.63, 3.8) is 0 Å². The van der Waals surface area contributed by atoms with Gasteiger partial charge in [0, 0.05) is 49.2 Å². The topological polar surface area (TPSA) is 69.8 Å². The summed E-state index contributed by atoms with van der Waals surface area (Å²) in [7, 11) is 0. The molecule has 2 aliphatic rings. The average Bonchev–Trinajstić information content (AvgIpc) is 3.59. The third-order valence-corrected chi connectivity index (χ3v) is 7.87. The first-order valence-corrected chi connectivity index (χ1v) is 14.0. The van der Waals surface area contributed by atoms with Crippen LogP contribution in [0.1, 0.15) is 61.7 Å². The molecule has 220 valence electrons. The maximum Gasteiger partial charge on any atom is 0.205 e. The Morgan fingerprint density at radius 2 is 1.83 bits per heavy atom. The Morgan fingerprint density at radius 1 is 1.12 bits per heavy atom. The molecule has 1 N–H and O–H groups in total. The van der Waals surface area contributed by atoms with E-state index in [1.54, 1.807) is 21.8 Å². The summed E-state index contributed by atoms with van der Waals surface area (Å²) in [4.78, 5) is 12.8. The van der Waals surface area contributed by atoms with Crippen molar-refractivity contribution in [2.24, 2.45) is 10.9 Å². The number of benzene rings is 1. The molecule has 7 nitrogen and oxygen atoms in total. The van der Waals surface area contributed by atoms with Crippen LogP contribution in [0.5, 0.6) is 0 Å². The molecule has 1 unspecified atom stereocenters. The van der Waals surface area contributed by atoms with Gasteiger partial charge in [-0.15, -0.1) is 0 Å². The lowest BCUT2D eigenvalue weighted by atomic mass is 9.92. The second kappa shape index (κ2) is 11.5. The summed E-state index contributed by atoms with van der Waals surface area (Å²) in [5, 5.41) is 16.6. The van der Waals surface area contributed by atoms with Gasteiger partial charge in [-0.1, -0.05) is 27.0 Å². The Morgan fingerprint density at radius 3 is 2.45 bits per heavy atom. The highest BCUT2D eigenvalue weighted by Gasteiger charge is 2.39. The smallest absolute Gasteiger partial charge is 0.205 e. The molecule has 0 radical (unpaired) electrons. The van der Waals surface area contributed by atoms with Gasteiger partial charge >= 0.3 is 0 Å². The third kappa shape index (κ3) is 5.45. The molecule has 2 aromatic heterocycles. The van der Waals surface area contributed by atoms with Crippen molar-refractivity contribution in [1.29, 1.82) is 0 Å². The Bertz CT molecular complexity index is 1590. The lowest BCUT2D eigenvalue weighted by Crippen LogP contribution is -2.41. The number of rotatable bonds is 8. The van der Waals surface area contributed by atoms with Crippen LogP contribution in [-0.2, 0) is 6.54 Å². The van der Waals surface area contributed by atoms with Crippen LogP contribution in [0, 0.1) is 30.3 Å². The lowest BCUT2D eigenvalue weighted by molar-refractivity contribution is 0.188. The number of likely N-dealkylation sites (tertiary alicyclic amines) is 1. The molecule has 5 rings (SSSR count). The normalized spacial score (nSPS) is 18.2. The van der Waals surface area contributed by atoms with Crippen LogP contribution in [0.2, 0.25) is 0 Å². The first-order chi connectivity index (χ1) is 20.0. The number of nitrogens with zero attached hydrogens (tertiary/aromatic N) is 6. The maximum atomic E-state index is 14.4. The van der Waals surface area contributed by atoms with E-state index in [9.17, 15) is 18.3 Å². The highest BCUT2D eigenvalue weighted by molar-refractivity contribution is 6.00. The van der Waals surface area contributed by atoms with E-state index < -0.39 is 17.7 Å². The maximum absolute atomic E-state index is 14.4. The highest BCUT2D eigenvalue weighted by Crippen LogP contribution is 2.41. The zero-order valence-corrected chi connectivity index (χ0v) is 24.3. The van der Waals surface area contributed by atoms with Crippen molar-refractivity contribution in [2.45, 2.75) is 52.6 Å². The fourth-order valence-corrected chi connectivity index (χ4v) is 5.93. The van der Waals surface area contributed by atoms with E-state index in [0.29, 0.717) is 53.7 Å². The molecule has 2 aliphatic heterocycles. The minimum Gasteiger partial charge on any atom is -0.494 e. The van der Waals surface area contributed by atoms with Crippen molar-refractivity contribution in [3.05, 3.63) is 119 Å². The van der Waals surface area contributed by atoms with Crippen molar-refractivity contribution in [2.75, 3.05) is 13.1 Å². The lowest BCUT2D eigenvalue weighted by Gasteiger charge is -2.39. The molecule has 3 aromatic rings. The molecule has 0 bridgehead atoms. The number of halogens is 3. The largest absolute Gasteiger partial charge is 0.494 e. The molecule has 0 spiro atoms. The number of pyridine rings is 1. The number of hydrogen-bond donors (Lipinski definition) is 1. The summed E-state index contributed by atoms with van der Waals surface area (Å²) in [6.45, 7) is 17.9.